The fraction of sp³-hybridized carbons (Fsp3) is 0.133. The number of aromatic nitrogens is 1. The normalized spacial score (nSPS) is 9.95. The van der Waals surface area contributed by atoms with E-state index in [0.29, 0.717) is 22.0 Å². The molecule has 0 aliphatic heterocycles. The Morgan fingerprint density at radius 2 is 2.05 bits per heavy atom. The average molecular weight is 301 g/mol. The minimum atomic E-state index is -0.206. The van der Waals surface area contributed by atoms with Gasteiger partial charge in [-0.25, -0.2) is 0 Å². The highest BCUT2D eigenvalue weighted by molar-refractivity contribution is 7.80. The van der Waals surface area contributed by atoms with Crippen LogP contribution in [0.5, 0.6) is 5.75 Å². The van der Waals surface area contributed by atoms with Crippen molar-refractivity contribution in [1.82, 2.24) is 4.98 Å². The lowest BCUT2D eigenvalue weighted by atomic mass is 10.2. The molecule has 0 aliphatic carbocycles. The first-order valence-electron chi connectivity index (χ1n) is 6.29. The number of nitrogens with zero attached hydrogens (tertiary/aromatic N) is 1. The van der Waals surface area contributed by atoms with Gasteiger partial charge >= 0.3 is 0 Å². The fourth-order valence-electron chi connectivity index (χ4n) is 1.67. The van der Waals surface area contributed by atoms with Crippen molar-refractivity contribution in [3.05, 3.63) is 53.9 Å². The molecule has 1 amide bonds. The molecule has 0 atom stereocenters. The summed E-state index contributed by atoms with van der Waals surface area (Å²) in [6.07, 6.45) is 3.23. The van der Waals surface area contributed by atoms with E-state index in [9.17, 15) is 4.79 Å². The van der Waals surface area contributed by atoms with Crippen molar-refractivity contribution >= 4 is 28.8 Å². The Labute approximate surface area is 128 Å². The van der Waals surface area contributed by atoms with Gasteiger partial charge in [-0.1, -0.05) is 12.2 Å². The molecule has 108 valence electrons. The third-order valence-corrected chi connectivity index (χ3v) is 2.75. The van der Waals surface area contributed by atoms with Crippen LogP contribution in [0, 0.1) is 6.92 Å². The lowest BCUT2D eigenvalue weighted by molar-refractivity contribution is 0.102. The maximum Gasteiger partial charge on any atom is 0.257 e. The zero-order chi connectivity index (χ0) is 15.2. The molecule has 0 bridgehead atoms. The van der Waals surface area contributed by atoms with Crippen LogP contribution in [0.2, 0.25) is 0 Å². The van der Waals surface area contributed by atoms with Crippen LogP contribution in [0.15, 0.2) is 42.7 Å². The molecular weight excluding hydrogens is 286 g/mol. The molecular formula is C15H15N3O2S. The van der Waals surface area contributed by atoms with E-state index >= 15 is 0 Å². The fourth-order valence-corrected chi connectivity index (χ4v) is 1.73. The van der Waals surface area contributed by atoms with Crippen LogP contribution in [-0.2, 0) is 0 Å². The summed E-state index contributed by atoms with van der Waals surface area (Å²) in [4.78, 5) is 16.3. The van der Waals surface area contributed by atoms with E-state index in [4.69, 9.17) is 22.7 Å². The number of nitrogens with two attached hydrogens (primary N) is 1. The molecule has 0 aliphatic rings. The summed E-state index contributed by atoms with van der Waals surface area (Å²) >= 11 is 4.73. The molecule has 0 fully saturated rings. The monoisotopic (exact) mass is 301 g/mol. The number of hydrogen-bond donors (Lipinski definition) is 2. The number of aryl methyl sites for hydroxylation is 1. The van der Waals surface area contributed by atoms with Crippen LogP contribution in [0.25, 0.3) is 0 Å². The number of nitrogens with one attached hydrogen (secondary N) is 1. The molecule has 1 heterocycles. The highest BCUT2D eigenvalue weighted by Gasteiger charge is 2.06. The minimum Gasteiger partial charge on any atom is -0.487 e. The Bertz CT molecular complexity index is 656. The zero-order valence-electron chi connectivity index (χ0n) is 11.5. The second-order valence-corrected chi connectivity index (χ2v) is 5.01. The summed E-state index contributed by atoms with van der Waals surface area (Å²) in [6.45, 7) is 2.08. The van der Waals surface area contributed by atoms with Crippen LogP contribution < -0.4 is 15.8 Å². The number of pyridine rings is 1. The first-order valence-corrected chi connectivity index (χ1v) is 6.69. The molecule has 6 heteroatoms. The van der Waals surface area contributed by atoms with Gasteiger partial charge in [0.2, 0.25) is 0 Å². The Balaban J connectivity index is 2.00. The molecule has 0 saturated heterocycles. The predicted molar refractivity (Wildman–Crippen MR) is 85.6 cm³/mol. The van der Waals surface area contributed by atoms with Gasteiger partial charge in [-0.15, -0.1) is 0 Å². The summed E-state index contributed by atoms with van der Waals surface area (Å²) in [5.74, 6) is 0.432. The van der Waals surface area contributed by atoms with E-state index in [-0.39, 0.29) is 12.5 Å². The number of carbonyl (C=O) groups excluding carboxylic acids is 1. The molecule has 0 radical (unpaired) electrons. The Hall–Kier alpha value is -2.47. The van der Waals surface area contributed by atoms with Crippen LogP contribution in [0.3, 0.4) is 0 Å². The molecule has 1 aromatic carbocycles. The van der Waals surface area contributed by atoms with E-state index < -0.39 is 0 Å². The molecule has 0 unspecified atom stereocenters. The molecule has 5 nitrogen and oxygen atoms in total. The third-order valence-electron chi connectivity index (χ3n) is 2.63. The Morgan fingerprint density at radius 3 is 2.67 bits per heavy atom. The predicted octanol–water partition coefficient (Wildman–Crippen LogP) is 2.31. The smallest absolute Gasteiger partial charge is 0.257 e. The number of benzene rings is 1. The van der Waals surface area contributed by atoms with E-state index in [0.717, 1.165) is 5.56 Å². The second-order valence-electron chi connectivity index (χ2n) is 4.48. The van der Waals surface area contributed by atoms with Gasteiger partial charge in [0.15, 0.2) is 0 Å². The van der Waals surface area contributed by atoms with E-state index in [1.54, 1.807) is 36.5 Å². The number of ether oxygens (including phenoxy) is 1. The van der Waals surface area contributed by atoms with Crippen molar-refractivity contribution < 1.29 is 9.53 Å². The highest BCUT2D eigenvalue weighted by atomic mass is 32.1. The van der Waals surface area contributed by atoms with Gasteiger partial charge < -0.3 is 15.8 Å². The molecule has 2 rings (SSSR count). The molecule has 2 aromatic rings. The Kier molecular flexibility index (Phi) is 4.84. The molecule has 21 heavy (non-hydrogen) atoms. The number of thiocarbonyl (C=S) groups is 1. The number of hydrogen-bond acceptors (Lipinski definition) is 4. The summed E-state index contributed by atoms with van der Waals surface area (Å²) in [5.41, 5.74) is 7.48. The van der Waals surface area contributed by atoms with Crippen molar-refractivity contribution in [2.24, 2.45) is 5.73 Å². The van der Waals surface area contributed by atoms with E-state index in [1.807, 2.05) is 6.92 Å². The largest absolute Gasteiger partial charge is 0.487 e. The van der Waals surface area contributed by atoms with Crippen molar-refractivity contribution in [3.8, 4) is 5.75 Å². The van der Waals surface area contributed by atoms with Crippen LogP contribution in [0.1, 0.15) is 15.9 Å². The summed E-state index contributed by atoms with van der Waals surface area (Å²) in [5, 5.41) is 2.79. The van der Waals surface area contributed by atoms with Crippen LogP contribution in [-0.4, -0.2) is 22.5 Å². The van der Waals surface area contributed by atoms with Crippen molar-refractivity contribution in [2.45, 2.75) is 6.92 Å². The number of carbonyl (C=O) groups is 1. The van der Waals surface area contributed by atoms with Crippen molar-refractivity contribution in [2.75, 3.05) is 11.9 Å². The number of rotatable bonds is 5. The SMILES string of the molecule is Cc1cncc(C(=O)Nc2ccc(OCC(N)=S)cc2)c1. The van der Waals surface area contributed by atoms with Gasteiger partial charge in [0.05, 0.1) is 5.56 Å². The molecule has 1 aromatic heterocycles. The standard InChI is InChI=1S/C15H15N3O2S/c1-10-6-11(8-17-7-10)15(19)18-12-2-4-13(5-3-12)20-9-14(16)21/h2-8H,9H2,1H3,(H2,16,21)(H,18,19). The maximum atomic E-state index is 12.1. The van der Waals surface area contributed by atoms with Gasteiger partial charge in [-0.3, -0.25) is 9.78 Å². The summed E-state index contributed by atoms with van der Waals surface area (Å²) in [6, 6.07) is 8.75. The van der Waals surface area contributed by atoms with Crippen LogP contribution in [0.4, 0.5) is 5.69 Å². The van der Waals surface area contributed by atoms with Gasteiger partial charge in [-0.05, 0) is 42.8 Å². The average Bonchev–Trinajstić information content (AvgIpc) is 2.46. The van der Waals surface area contributed by atoms with Gasteiger partial charge in [0.1, 0.15) is 17.3 Å². The molecule has 3 N–H and O–H groups in total. The topological polar surface area (TPSA) is 77.2 Å². The van der Waals surface area contributed by atoms with Gasteiger partial charge in [0.25, 0.3) is 5.91 Å². The number of anilines is 1. The lowest BCUT2D eigenvalue weighted by Gasteiger charge is -2.08. The van der Waals surface area contributed by atoms with E-state index in [2.05, 4.69) is 10.3 Å². The molecule has 0 spiro atoms. The third kappa shape index (κ3) is 4.54. The summed E-state index contributed by atoms with van der Waals surface area (Å²) in [7, 11) is 0. The highest BCUT2D eigenvalue weighted by Crippen LogP contribution is 2.16. The Morgan fingerprint density at radius 1 is 1.33 bits per heavy atom. The maximum absolute atomic E-state index is 12.1. The quantitative estimate of drug-likeness (QED) is 0.829. The first kappa shape index (κ1) is 14.9. The van der Waals surface area contributed by atoms with Gasteiger partial charge in [-0.2, -0.15) is 0 Å². The first-order chi connectivity index (χ1) is 10.0. The van der Waals surface area contributed by atoms with Crippen molar-refractivity contribution in [3.63, 3.8) is 0 Å². The van der Waals surface area contributed by atoms with E-state index in [1.165, 1.54) is 6.20 Å². The van der Waals surface area contributed by atoms with Gasteiger partial charge in [0, 0.05) is 18.1 Å². The lowest BCUT2D eigenvalue weighted by Crippen LogP contribution is -2.17. The minimum absolute atomic E-state index is 0.190. The summed E-state index contributed by atoms with van der Waals surface area (Å²) < 4.78 is 5.34. The molecule has 0 saturated carbocycles. The van der Waals surface area contributed by atoms with Crippen LogP contribution >= 0.6 is 12.2 Å². The van der Waals surface area contributed by atoms with Crippen molar-refractivity contribution in [1.29, 1.82) is 0 Å². The number of amides is 1. The zero-order valence-corrected chi connectivity index (χ0v) is 12.3. The second kappa shape index (κ2) is 6.81.